The van der Waals surface area contributed by atoms with Gasteiger partial charge in [0.1, 0.15) is 0 Å². The van der Waals surface area contributed by atoms with Crippen LogP contribution >= 0.6 is 23.4 Å². The maximum atomic E-state index is 12.7. The van der Waals surface area contributed by atoms with Crippen LogP contribution < -0.4 is 4.72 Å². The van der Waals surface area contributed by atoms with E-state index in [-0.39, 0.29) is 4.90 Å². The Morgan fingerprint density at radius 2 is 1.96 bits per heavy atom. The fraction of sp³-hybridized carbons (Fsp3) is 0.235. The minimum absolute atomic E-state index is 0.203. The Morgan fingerprint density at radius 3 is 2.67 bits per heavy atom. The molecule has 0 aliphatic rings. The lowest BCUT2D eigenvalue weighted by Crippen LogP contribution is -2.13. The van der Waals surface area contributed by atoms with Crippen LogP contribution in [-0.4, -0.2) is 40.8 Å². The second-order valence-corrected chi connectivity index (χ2v) is 8.50. The van der Waals surface area contributed by atoms with Crippen molar-refractivity contribution in [3.05, 3.63) is 54.1 Å². The highest BCUT2D eigenvalue weighted by molar-refractivity contribution is 7.98. The minimum Gasteiger partial charge on any atom is -0.280 e. The number of alkyl halides is 1. The van der Waals surface area contributed by atoms with Crippen LogP contribution in [0.1, 0.15) is 12.0 Å². The molecule has 1 aromatic heterocycles. The molecule has 0 bridgehead atoms. The van der Waals surface area contributed by atoms with Gasteiger partial charge in [-0.05, 0) is 65.4 Å². The third-order valence-corrected chi connectivity index (χ3v) is 6.08. The number of rotatable bonds is 8. The number of hydrogen-bond acceptors (Lipinski definition) is 6. The number of halogens is 1. The van der Waals surface area contributed by atoms with E-state index in [1.807, 2.05) is 18.4 Å². The number of sulfonamides is 1. The molecular weight excluding hydrogens is 406 g/mol. The first-order chi connectivity index (χ1) is 13.0. The number of anilines is 1. The van der Waals surface area contributed by atoms with Crippen molar-refractivity contribution in [2.45, 2.75) is 22.9 Å². The number of aromatic nitrogens is 4. The molecule has 1 heterocycles. The number of nitrogens with one attached hydrogen (secondary N) is 1. The summed E-state index contributed by atoms with van der Waals surface area (Å²) in [6, 6.07) is 13.7. The van der Waals surface area contributed by atoms with E-state index >= 15 is 0 Å². The maximum absolute atomic E-state index is 12.7. The zero-order valence-corrected chi connectivity index (χ0v) is 16.9. The Labute approximate surface area is 167 Å². The summed E-state index contributed by atoms with van der Waals surface area (Å²) in [7, 11) is -3.69. The molecule has 0 saturated carbocycles. The topological polar surface area (TPSA) is 89.8 Å². The van der Waals surface area contributed by atoms with E-state index < -0.39 is 10.0 Å². The largest absolute Gasteiger partial charge is 0.280 e. The van der Waals surface area contributed by atoms with Crippen LogP contribution in [0.4, 0.5) is 5.69 Å². The van der Waals surface area contributed by atoms with Gasteiger partial charge in [-0.1, -0.05) is 30.0 Å². The van der Waals surface area contributed by atoms with E-state index in [4.69, 9.17) is 11.6 Å². The molecule has 0 amide bonds. The fourth-order valence-electron chi connectivity index (χ4n) is 2.49. The van der Waals surface area contributed by atoms with Crippen molar-refractivity contribution in [2.24, 2.45) is 0 Å². The lowest BCUT2D eigenvalue weighted by atomic mass is 10.1. The summed E-state index contributed by atoms with van der Waals surface area (Å²) in [5, 5.41) is 12.1. The number of thioether (sulfide) groups is 1. The van der Waals surface area contributed by atoms with Crippen molar-refractivity contribution >= 4 is 39.1 Å². The second-order valence-electron chi connectivity index (χ2n) is 5.67. The van der Waals surface area contributed by atoms with Gasteiger partial charge in [0.05, 0.1) is 16.3 Å². The highest BCUT2D eigenvalue weighted by Gasteiger charge is 2.15. The molecule has 0 aliphatic carbocycles. The molecule has 3 rings (SSSR count). The lowest BCUT2D eigenvalue weighted by molar-refractivity contribution is 0.601. The van der Waals surface area contributed by atoms with Crippen LogP contribution in [0.15, 0.2) is 58.6 Å². The summed E-state index contributed by atoms with van der Waals surface area (Å²) in [5.74, 6) is 0.581. The number of tetrazole rings is 1. The molecule has 0 saturated heterocycles. The first-order valence-electron chi connectivity index (χ1n) is 8.14. The molecule has 0 radical (unpaired) electrons. The van der Waals surface area contributed by atoms with E-state index in [1.54, 1.807) is 41.1 Å². The van der Waals surface area contributed by atoms with Gasteiger partial charge in [0, 0.05) is 5.88 Å². The first kappa shape index (κ1) is 19.7. The van der Waals surface area contributed by atoms with Gasteiger partial charge in [0.2, 0.25) is 5.16 Å². The summed E-state index contributed by atoms with van der Waals surface area (Å²) < 4.78 is 29.5. The summed E-state index contributed by atoms with van der Waals surface area (Å²) >= 11 is 7.09. The van der Waals surface area contributed by atoms with Gasteiger partial charge in [-0.15, -0.1) is 16.7 Å². The maximum Gasteiger partial charge on any atom is 0.261 e. The summed E-state index contributed by atoms with van der Waals surface area (Å²) in [4.78, 5) is 0.203. The van der Waals surface area contributed by atoms with Crippen molar-refractivity contribution < 1.29 is 8.42 Å². The van der Waals surface area contributed by atoms with Gasteiger partial charge < -0.3 is 0 Å². The Morgan fingerprint density at radius 1 is 1.19 bits per heavy atom. The third-order valence-electron chi connectivity index (χ3n) is 3.80. The van der Waals surface area contributed by atoms with Crippen molar-refractivity contribution in [1.82, 2.24) is 20.2 Å². The van der Waals surface area contributed by atoms with Gasteiger partial charge in [-0.3, -0.25) is 4.72 Å². The lowest BCUT2D eigenvalue weighted by Gasteiger charge is -2.10. The summed E-state index contributed by atoms with van der Waals surface area (Å²) in [6.45, 7) is 0. The van der Waals surface area contributed by atoms with E-state index in [0.717, 1.165) is 18.4 Å². The van der Waals surface area contributed by atoms with Gasteiger partial charge in [-0.2, -0.15) is 4.68 Å². The second kappa shape index (κ2) is 8.73. The quantitative estimate of drug-likeness (QED) is 0.441. The van der Waals surface area contributed by atoms with Gasteiger partial charge in [0.15, 0.2) is 0 Å². The molecule has 0 unspecified atom stereocenters. The number of nitrogens with zero attached hydrogens (tertiary/aromatic N) is 4. The van der Waals surface area contributed by atoms with Crippen LogP contribution in [0.5, 0.6) is 0 Å². The smallest absolute Gasteiger partial charge is 0.261 e. The van der Waals surface area contributed by atoms with Crippen molar-refractivity contribution in [2.75, 3.05) is 16.9 Å². The fourth-order valence-corrected chi connectivity index (χ4v) is 4.11. The Kier molecular flexibility index (Phi) is 6.35. The van der Waals surface area contributed by atoms with Crippen LogP contribution in [0.2, 0.25) is 0 Å². The molecule has 0 aliphatic heterocycles. The van der Waals surface area contributed by atoms with E-state index in [2.05, 4.69) is 20.2 Å². The Bertz CT molecular complexity index is 1010. The predicted octanol–water partition coefficient (Wildman–Crippen LogP) is 3.36. The van der Waals surface area contributed by atoms with Gasteiger partial charge >= 0.3 is 0 Å². The Hall–Kier alpha value is -2.10. The molecular formula is C17H18ClN5O2S2. The normalized spacial score (nSPS) is 11.5. The standard InChI is InChI=1S/C17H18ClN5O2S2/c1-26-17-19-21-22-23(17)15-6-2-5-14(12-15)20-27(24,25)16-9-7-13(8-10-16)4-3-11-18/h2,5-10,12,20H,3-4,11H2,1H3. The number of benzene rings is 2. The molecule has 0 fully saturated rings. The number of aryl methyl sites for hydroxylation is 1. The zero-order chi connectivity index (χ0) is 19.3. The zero-order valence-electron chi connectivity index (χ0n) is 14.5. The van der Waals surface area contributed by atoms with Gasteiger partial charge in [-0.25, -0.2) is 8.42 Å². The third kappa shape index (κ3) is 4.79. The highest BCUT2D eigenvalue weighted by atomic mass is 35.5. The molecule has 7 nitrogen and oxygen atoms in total. The molecule has 3 aromatic rings. The van der Waals surface area contributed by atoms with Crippen LogP contribution in [-0.2, 0) is 16.4 Å². The molecule has 0 spiro atoms. The van der Waals surface area contributed by atoms with Crippen LogP contribution in [0, 0.1) is 0 Å². The average Bonchev–Trinajstić information content (AvgIpc) is 3.15. The van der Waals surface area contributed by atoms with Crippen molar-refractivity contribution in [3.63, 3.8) is 0 Å². The first-order valence-corrected chi connectivity index (χ1v) is 11.4. The van der Waals surface area contributed by atoms with E-state index in [0.29, 0.717) is 22.4 Å². The predicted molar refractivity (Wildman–Crippen MR) is 107 cm³/mol. The molecule has 142 valence electrons. The highest BCUT2D eigenvalue weighted by Crippen LogP contribution is 2.21. The van der Waals surface area contributed by atoms with E-state index in [1.165, 1.54) is 11.8 Å². The number of hydrogen-bond donors (Lipinski definition) is 1. The molecule has 2 aromatic carbocycles. The summed E-state index contributed by atoms with van der Waals surface area (Å²) in [6.07, 6.45) is 3.54. The molecule has 1 N–H and O–H groups in total. The average molecular weight is 424 g/mol. The van der Waals surface area contributed by atoms with E-state index in [9.17, 15) is 8.42 Å². The molecule has 0 atom stereocenters. The van der Waals surface area contributed by atoms with Gasteiger partial charge in [0.25, 0.3) is 10.0 Å². The molecule has 10 heteroatoms. The summed E-state index contributed by atoms with van der Waals surface area (Å²) in [5.41, 5.74) is 2.15. The van der Waals surface area contributed by atoms with Crippen molar-refractivity contribution in [1.29, 1.82) is 0 Å². The Balaban J connectivity index is 1.81. The van der Waals surface area contributed by atoms with Crippen molar-refractivity contribution in [3.8, 4) is 5.69 Å². The molecule has 27 heavy (non-hydrogen) atoms. The SMILES string of the molecule is CSc1nnnn1-c1cccc(NS(=O)(=O)c2ccc(CCCCl)cc2)c1. The minimum atomic E-state index is -3.69. The van der Waals surface area contributed by atoms with Crippen LogP contribution in [0.3, 0.4) is 0 Å². The monoisotopic (exact) mass is 423 g/mol. The van der Waals surface area contributed by atoms with Crippen LogP contribution in [0.25, 0.3) is 5.69 Å².